The fourth-order valence-corrected chi connectivity index (χ4v) is 6.70. The summed E-state index contributed by atoms with van der Waals surface area (Å²) in [7, 11) is 3.19. The number of Topliss-reactive ketones (excluding diaryl/α,β-unsaturated/α-hetero) is 1. The molecule has 0 bridgehead atoms. The van der Waals surface area contributed by atoms with Gasteiger partial charge in [-0.15, -0.1) is 0 Å². The van der Waals surface area contributed by atoms with E-state index in [1.165, 1.54) is 7.11 Å². The maximum absolute atomic E-state index is 13.7. The molecule has 10 heteroatoms. The summed E-state index contributed by atoms with van der Waals surface area (Å²) in [6, 6.07) is 20.7. The summed E-state index contributed by atoms with van der Waals surface area (Å²) in [5.41, 5.74) is 5.44. The summed E-state index contributed by atoms with van der Waals surface area (Å²) >= 11 is 0. The normalized spacial score (nSPS) is 16.7. The molecular weight excluding hydrogens is 621 g/mol. The van der Waals surface area contributed by atoms with Crippen LogP contribution < -0.4 is 14.6 Å². The van der Waals surface area contributed by atoms with Crippen LogP contribution in [0.25, 0.3) is 11.3 Å². The molecule has 0 unspecified atom stereocenters. The fraction of sp³-hybridized carbons (Fsp3) is 0.395. The monoisotopic (exact) mass is 668 g/mol. The Labute approximate surface area is 285 Å². The Balaban J connectivity index is 1.46. The van der Waals surface area contributed by atoms with Crippen molar-refractivity contribution in [3.63, 3.8) is 0 Å². The number of amides is 1. The highest BCUT2D eigenvalue weighted by Crippen LogP contribution is 2.40. The van der Waals surface area contributed by atoms with Crippen LogP contribution in [-0.4, -0.2) is 89.7 Å². The van der Waals surface area contributed by atoms with Gasteiger partial charge in [0.05, 0.1) is 24.9 Å². The number of nitrogens with zero attached hydrogens (tertiary/aromatic N) is 3. The summed E-state index contributed by atoms with van der Waals surface area (Å²) in [4.78, 5) is 45.4. The first-order chi connectivity index (χ1) is 22.7. The average molecular weight is 669 g/mol. The molecular formula is C38H48N4O5Si. The minimum atomic E-state index is -2.05. The van der Waals surface area contributed by atoms with E-state index in [1.54, 1.807) is 24.1 Å². The van der Waals surface area contributed by atoms with Crippen molar-refractivity contribution in [3.8, 4) is 5.75 Å². The van der Waals surface area contributed by atoms with Gasteiger partial charge in [0.2, 0.25) is 14.2 Å². The Morgan fingerprint density at radius 3 is 2.15 bits per heavy atom. The summed E-state index contributed by atoms with van der Waals surface area (Å²) in [6.07, 6.45) is 0.239. The van der Waals surface area contributed by atoms with Crippen LogP contribution >= 0.6 is 0 Å². The van der Waals surface area contributed by atoms with E-state index in [9.17, 15) is 14.4 Å². The molecule has 3 aromatic rings. The number of esters is 1. The van der Waals surface area contributed by atoms with Crippen LogP contribution in [0.15, 0.2) is 66.7 Å². The highest BCUT2D eigenvalue weighted by Gasteiger charge is 2.39. The maximum Gasteiger partial charge on any atom is 0.337 e. The zero-order chi connectivity index (χ0) is 34.8. The van der Waals surface area contributed by atoms with Gasteiger partial charge < -0.3 is 24.3 Å². The lowest BCUT2D eigenvalue weighted by molar-refractivity contribution is -0.119. The fourth-order valence-electron chi connectivity index (χ4n) is 5.67. The van der Waals surface area contributed by atoms with Gasteiger partial charge in [0.15, 0.2) is 5.78 Å². The molecule has 0 atom stereocenters. The van der Waals surface area contributed by atoms with Crippen molar-refractivity contribution in [1.29, 1.82) is 0 Å². The molecule has 9 nitrogen and oxygen atoms in total. The Kier molecular flexibility index (Phi) is 10.3. The molecule has 1 aliphatic heterocycles. The number of benzene rings is 3. The quantitative estimate of drug-likeness (QED) is 0.165. The van der Waals surface area contributed by atoms with Gasteiger partial charge in [0, 0.05) is 56.6 Å². The molecule has 0 aromatic heterocycles. The van der Waals surface area contributed by atoms with Gasteiger partial charge in [-0.3, -0.25) is 14.5 Å². The Bertz CT molecular complexity index is 1700. The van der Waals surface area contributed by atoms with Crippen molar-refractivity contribution in [2.45, 2.75) is 45.3 Å². The molecule has 1 aliphatic carbocycles. The van der Waals surface area contributed by atoms with E-state index in [-0.39, 0.29) is 23.1 Å². The minimum Gasteiger partial charge on any atom is -0.544 e. The van der Waals surface area contributed by atoms with Crippen molar-refractivity contribution in [2.75, 3.05) is 64.1 Å². The molecule has 254 valence electrons. The molecule has 0 radical (unpaired) electrons. The van der Waals surface area contributed by atoms with E-state index in [4.69, 9.17) is 9.16 Å². The number of hydrogen-bond donors (Lipinski definition) is 1. The summed E-state index contributed by atoms with van der Waals surface area (Å²) in [6.45, 7) is 15.1. The van der Waals surface area contributed by atoms with Crippen LogP contribution in [0.4, 0.5) is 11.4 Å². The number of nitrogens with one attached hydrogen (secondary N) is 1. The Hall–Kier alpha value is -4.25. The predicted molar refractivity (Wildman–Crippen MR) is 195 cm³/mol. The summed E-state index contributed by atoms with van der Waals surface area (Å²) in [5.74, 6) is 0.328. The zero-order valence-corrected chi connectivity index (χ0v) is 30.5. The standard InChI is InChI=1S/C38H48N4O5Si/c1-38(2,3)48(7,8)47-31-17-11-26(12-18-31)36(35-32-23-28(37(45)46-6)10-9-27(32)24-33(35)43)39-29-13-15-30(16-14-29)41(5)34(44)25-42-21-19-40(4)20-22-42/h9-18,23,39H,19-22,24-25H2,1-8H3/b36-35-. The number of ketones is 1. The topological polar surface area (TPSA) is 91.4 Å². The SMILES string of the molecule is COC(=O)c1ccc2c(c1)/C(=C(/Nc1ccc(N(C)C(=O)CN3CCN(C)CC3)cc1)c1ccc(O[Si](C)(C)C(C)(C)C)cc1)C(=O)C2. The molecule has 2 aliphatic rings. The van der Waals surface area contributed by atoms with Crippen LogP contribution in [-0.2, 0) is 20.7 Å². The molecule has 1 N–H and O–H groups in total. The molecule has 1 heterocycles. The third kappa shape index (κ3) is 7.72. The molecule has 5 rings (SSSR count). The van der Waals surface area contributed by atoms with E-state index in [0.29, 0.717) is 28.9 Å². The van der Waals surface area contributed by atoms with Crippen molar-refractivity contribution < 1.29 is 23.5 Å². The highest BCUT2D eigenvalue weighted by molar-refractivity contribution is 6.74. The van der Waals surface area contributed by atoms with E-state index in [1.807, 2.05) is 54.6 Å². The Morgan fingerprint density at radius 2 is 1.54 bits per heavy atom. The lowest BCUT2D eigenvalue weighted by Gasteiger charge is -2.36. The number of carbonyl (C=O) groups excluding carboxylic acids is 3. The van der Waals surface area contributed by atoms with Crippen LogP contribution in [0.3, 0.4) is 0 Å². The molecule has 3 aromatic carbocycles. The molecule has 1 amide bonds. The van der Waals surface area contributed by atoms with Gasteiger partial charge in [-0.25, -0.2) is 4.79 Å². The third-order valence-corrected chi connectivity index (χ3v) is 14.2. The number of fused-ring (bicyclic) bond motifs is 1. The second-order valence-electron chi connectivity index (χ2n) is 14.3. The van der Waals surface area contributed by atoms with Crippen LogP contribution in [0.2, 0.25) is 18.1 Å². The lowest BCUT2D eigenvalue weighted by atomic mass is 9.98. The van der Waals surface area contributed by atoms with Gasteiger partial charge in [-0.1, -0.05) is 26.8 Å². The number of methoxy groups -OCH3 is 1. The first-order valence-electron chi connectivity index (χ1n) is 16.5. The second-order valence-corrected chi connectivity index (χ2v) is 19.0. The van der Waals surface area contributed by atoms with Crippen molar-refractivity contribution in [3.05, 3.63) is 89.0 Å². The zero-order valence-electron chi connectivity index (χ0n) is 29.5. The largest absolute Gasteiger partial charge is 0.544 e. The maximum atomic E-state index is 13.7. The molecule has 48 heavy (non-hydrogen) atoms. The van der Waals surface area contributed by atoms with Gasteiger partial charge in [-0.05, 0) is 103 Å². The predicted octanol–water partition coefficient (Wildman–Crippen LogP) is 6.17. The molecule has 1 fully saturated rings. The second kappa shape index (κ2) is 14.1. The number of anilines is 2. The number of carbonyl (C=O) groups is 3. The number of rotatable bonds is 9. The number of ether oxygens (including phenoxy) is 1. The van der Waals surface area contributed by atoms with Crippen LogP contribution in [0.5, 0.6) is 5.75 Å². The lowest BCUT2D eigenvalue weighted by Crippen LogP contribution is -2.48. The Morgan fingerprint density at radius 1 is 0.917 bits per heavy atom. The smallest absolute Gasteiger partial charge is 0.337 e. The van der Waals surface area contributed by atoms with Crippen molar-refractivity contribution in [1.82, 2.24) is 9.80 Å². The summed E-state index contributed by atoms with van der Waals surface area (Å²) < 4.78 is 11.5. The minimum absolute atomic E-state index is 0.0395. The number of allylic oxidation sites excluding steroid dienone is 1. The van der Waals surface area contributed by atoms with Crippen LogP contribution in [0.1, 0.15) is 47.8 Å². The van der Waals surface area contributed by atoms with E-state index in [0.717, 1.165) is 54.4 Å². The van der Waals surface area contributed by atoms with E-state index >= 15 is 0 Å². The van der Waals surface area contributed by atoms with Crippen molar-refractivity contribution >= 4 is 48.6 Å². The number of piperazine rings is 1. The van der Waals surface area contributed by atoms with Crippen LogP contribution in [0, 0.1) is 0 Å². The van der Waals surface area contributed by atoms with Gasteiger partial charge in [0.25, 0.3) is 0 Å². The molecule has 1 saturated heterocycles. The number of likely N-dealkylation sites (N-methyl/N-ethyl adjacent to an activating group) is 2. The van der Waals surface area contributed by atoms with Crippen molar-refractivity contribution in [2.24, 2.45) is 0 Å². The van der Waals surface area contributed by atoms with E-state index in [2.05, 4.69) is 56.0 Å². The third-order valence-electron chi connectivity index (χ3n) is 9.86. The average Bonchev–Trinajstić information content (AvgIpc) is 3.38. The van der Waals surface area contributed by atoms with E-state index < -0.39 is 14.3 Å². The highest BCUT2D eigenvalue weighted by atomic mass is 28.4. The van der Waals surface area contributed by atoms with Gasteiger partial charge in [0.1, 0.15) is 5.75 Å². The number of hydrogen-bond acceptors (Lipinski definition) is 8. The molecule has 0 spiro atoms. The van der Waals surface area contributed by atoms with Gasteiger partial charge >= 0.3 is 5.97 Å². The molecule has 0 saturated carbocycles. The summed E-state index contributed by atoms with van der Waals surface area (Å²) in [5, 5.41) is 3.57. The first kappa shape index (κ1) is 35.1. The first-order valence-corrected chi connectivity index (χ1v) is 19.4. The van der Waals surface area contributed by atoms with Gasteiger partial charge in [-0.2, -0.15) is 0 Å².